The van der Waals surface area contributed by atoms with Crippen LogP contribution in [0.25, 0.3) is 0 Å². The summed E-state index contributed by atoms with van der Waals surface area (Å²) in [5.41, 5.74) is 1.19. The number of benzene rings is 1. The minimum absolute atomic E-state index is 0.131. The summed E-state index contributed by atoms with van der Waals surface area (Å²) in [6.07, 6.45) is 6.36. The van der Waals surface area contributed by atoms with E-state index in [0.29, 0.717) is 6.04 Å². The lowest BCUT2D eigenvalue weighted by atomic mass is 9.98. The first kappa shape index (κ1) is 19.8. The van der Waals surface area contributed by atoms with E-state index < -0.39 is 0 Å². The van der Waals surface area contributed by atoms with Crippen LogP contribution in [-0.4, -0.2) is 73.7 Å². The van der Waals surface area contributed by atoms with E-state index in [1.165, 1.54) is 18.4 Å². The molecule has 0 aromatic heterocycles. The lowest BCUT2D eigenvalue weighted by Crippen LogP contribution is -2.49. The van der Waals surface area contributed by atoms with Crippen LogP contribution in [0, 0.1) is 0 Å². The Morgan fingerprint density at radius 3 is 2.42 bits per heavy atom. The highest BCUT2D eigenvalue weighted by Gasteiger charge is 2.28. The Bertz CT molecular complexity index is 591. The number of nitrogens with zero attached hydrogens (tertiary/aromatic N) is 2. The monoisotopic (exact) mass is 380 g/mol. The van der Waals surface area contributed by atoms with Crippen LogP contribution in [0.4, 0.5) is 0 Å². The predicted molar refractivity (Wildman–Crippen MR) is 106 cm³/mol. The highest BCUT2D eigenvalue weighted by molar-refractivity contribution is 7.98. The highest BCUT2D eigenvalue weighted by Crippen LogP contribution is 2.35. The van der Waals surface area contributed by atoms with Crippen molar-refractivity contribution in [3.05, 3.63) is 17.7 Å². The quantitative estimate of drug-likeness (QED) is 0.766. The van der Waals surface area contributed by atoms with Crippen LogP contribution < -0.4 is 9.47 Å². The van der Waals surface area contributed by atoms with Crippen molar-refractivity contribution in [2.75, 3.05) is 46.7 Å². The van der Waals surface area contributed by atoms with Gasteiger partial charge >= 0.3 is 0 Å². The standard InChI is InChI=1S/C20H32N2O3S/c1-24-18-12-20(26-3)19(25-2)11-15(18)13-21-9-6-16(7-10-21)22-8-4-5-17(23)14-22/h11-12,16-17,23H,4-10,13-14H2,1-3H3. The van der Waals surface area contributed by atoms with Gasteiger partial charge in [-0.3, -0.25) is 9.80 Å². The van der Waals surface area contributed by atoms with Crippen molar-refractivity contribution in [2.24, 2.45) is 0 Å². The summed E-state index contributed by atoms with van der Waals surface area (Å²) < 4.78 is 11.2. The Morgan fingerprint density at radius 2 is 1.81 bits per heavy atom. The first-order chi connectivity index (χ1) is 12.6. The van der Waals surface area contributed by atoms with Gasteiger partial charge in [-0.2, -0.15) is 0 Å². The van der Waals surface area contributed by atoms with Gasteiger partial charge in [0.15, 0.2) is 0 Å². The Balaban J connectivity index is 1.60. The third kappa shape index (κ3) is 4.66. The number of likely N-dealkylation sites (tertiary alicyclic amines) is 2. The fraction of sp³-hybridized carbons (Fsp3) is 0.700. The van der Waals surface area contributed by atoms with E-state index in [-0.39, 0.29) is 6.10 Å². The summed E-state index contributed by atoms with van der Waals surface area (Å²) in [7, 11) is 3.47. The molecule has 0 saturated carbocycles. The van der Waals surface area contributed by atoms with Crippen LogP contribution in [-0.2, 0) is 6.54 Å². The van der Waals surface area contributed by atoms with Crippen molar-refractivity contribution < 1.29 is 14.6 Å². The molecule has 0 spiro atoms. The maximum absolute atomic E-state index is 9.93. The maximum Gasteiger partial charge on any atom is 0.132 e. The van der Waals surface area contributed by atoms with Crippen LogP contribution in [0.1, 0.15) is 31.2 Å². The summed E-state index contributed by atoms with van der Waals surface area (Å²) in [4.78, 5) is 6.12. The second-order valence-corrected chi connectivity index (χ2v) is 8.17. The average molecular weight is 381 g/mol. The van der Waals surface area contributed by atoms with Gasteiger partial charge in [0, 0.05) is 24.7 Å². The molecule has 0 amide bonds. The second kappa shape index (κ2) is 9.31. The van der Waals surface area contributed by atoms with E-state index in [4.69, 9.17) is 9.47 Å². The van der Waals surface area contributed by atoms with Crippen LogP contribution >= 0.6 is 11.8 Å². The molecule has 2 aliphatic heterocycles. The Hall–Kier alpha value is -0.950. The average Bonchev–Trinajstić information content (AvgIpc) is 2.68. The van der Waals surface area contributed by atoms with Crippen molar-refractivity contribution >= 4 is 11.8 Å². The van der Waals surface area contributed by atoms with E-state index in [2.05, 4.69) is 28.2 Å². The molecule has 3 rings (SSSR count). The van der Waals surface area contributed by atoms with Crippen molar-refractivity contribution in [3.8, 4) is 11.5 Å². The highest BCUT2D eigenvalue weighted by atomic mass is 32.2. The molecule has 0 bridgehead atoms. The Kier molecular flexibility index (Phi) is 7.09. The molecule has 0 aliphatic carbocycles. The number of aliphatic hydroxyl groups is 1. The normalized spacial score (nSPS) is 23.2. The number of β-amino-alcohol motifs (C(OH)–C–C–N with tert-alkyl or cyclic N) is 1. The Labute approximate surface area is 161 Å². The number of thioether (sulfide) groups is 1. The summed E-state index contributed by atoms with van der Waals surface area (Å²) >= 11 is 1.68. The number of piperidine rings is 2. The van der Waals surface area contributed by atoms with E-state index in [0.717, 1.165) is 62.0 Å². The molecule has 1 aromatic carbocycles. The van der Waals surface area contributed by atoms with Crippen molar-refractivity contribution in [1.29, 1.82) is 0 Å². The molecule has 146 valence electrons. The molecule has 5 nitrogen and oxygen atoms in total. The van der Waals surface area contributed by atoms with E-state index in [1.54, 1.807) is 26.0 Å². The van der Waals surface area contributed by atoms with Gasteiger partial charge in [-0.25, -0.2) is 0 Å². The van der Waals surface area contributed by atoms with Crippen LogP contribution in [0.15, 0.2) is 17.0 Å². The van der Waals surface area contributed by atoms with E-state index >= 15 is 0 Å². The molecule has 2 heterocycles. The fourth-order valence-electron chi connectivity index (χ4n) is 4.21. The van der Waals surface area contributed by atoms with Gasteiger partial charge in [-0.1, -0.05) is 0 Å². The summed E-state index contributed by atoms with van der Waals surface area (Å²) in [5.74, 6) is 1.86. The van der Waals surface area contributed by atoms with Gasteiger partial charge in [0.2, 0.25) is 0 Å². The minimum Gasteiger partial charge on any atom is -0.496 e. The second-order valence-electron chi connectivity index (χ2n) is 7.32. The molecule has 1 N–H and O–H groups in total. The minimum atomic E-state index is -0.131. The molecule has 1 unspecified atom stereocenters. The zero-order chi connectivity index (χ0) is 18.5. The number of ether oxygens (including phenoxy) is 2. The maximum atomic E-state index is 9.93. The third-order valence-electron chi connectivity index (χ3n) is 5.68. The van der Waals surface area contributed by atoms with E-state index in [9.17, 15) is 5.11 Å². The predicted octanol–water partition coefficient (Wildman–Crippen LogP) is 2.85. The number of methoxy groups -OCH3 is 2. The smallest absolute Gasteiger partial charge is 0.132 e. The molecule has 0 radical (unpaired) electrons. The number of hydrogen-bond acceptors (Lipinski definition) is 6. The fourth-order valence-corrected chi connectivity index (χ4v) is 4.78. The topological polar surface area (TPSA) is 45.2 Å². The molecule has 1 atom stereocenters. The van der Waals surface area contributed by atoms with Crippen molar-refractivity contribution in [3.63, 3.8) is 0 Å². The van der Waals surface area contributed by atoms with Crippen LogP contribution in [0.2, 0.25) is 0 Å². The van der Waals surface area contributed by atoms with Crippen molar-refractivity contribution in [1.82, 2.24) is 9.80 Å². The number of hydrogen-bond donors (Lipinski definition) is 1. The van der Waals surface area contributed by atoms with Crippen molar-refractivity contribution in [2.45, 2.75) is 49.3 Å². The lowest BCUT2D eigenvalue weighted by Gasteiger charge is -2.41. The van der Waals surface area contributed by atoms with E-state index in [1.807, 2.05) is 0 Å². The van der Waals surface area contributed by atoms with Crippen LogP contribution in [0.5, 0.6) is 11.5 Å². The molecular weight excluding hydrogens is 348 g/mol. The molecule has 6 heteroatoms. The van der Waals surface area contributed by atoms with Gasteiger partial charge in [0.25, 0.3) is 0 Å². The number of aliphatic hydroxyl groups excluding tert-OH is 1. The summed E-state index contributed by atoms with van der Waals surface area (Å²) in [5, 5.41) is 9.93. The van der Waals surface area contributed by atoms with Gasteiger partial charge in [0.1, 0.15) is 11.5 Å². The number of rotatable bonds is 6. The van der Waals surface area contributed by atoms with Crippen LogP contribution in [0.3, 0.4) is 0 Å². The zero-order valence-corrected chi connectivity index (χ0v) is 17.1. The van der Waals surface area contributed by atoms with Gasteiger partial charge < -0.3 is 14.6 Å². The molecule has 26 heavy (non-hydrogen) atoms. The molecule has 2 fully saturated rings. The SMILES string of the molecule is COc1cc(SC)c(OC)cc1CN1CCC(N2CCCC(O)C2)CC1. The first-order valence-electron chi connectivity index (χ1n) is 9.58. The molecule has 1 aromatic rings. The molecule has 2 aliphatic rings. The molecule has 2 saturated heterocycles. The summed E-state index contributed by atoms with van der Waals surface area (Å²) in [6.45, 7) is 5.07. The lowest BCUT2D eigenvalue weighted by molar-refractivity contribution is 0.0242. The molecular formula is C20H32N2O3S. The zero-order valence-electron chi connectivity index (χ0n) is 16.2. The third-order valence-corrected chi connectivity index (χ3v) is 6.44. The Morgan fingerprint density at radius 1 is 1.08 bits per heavy atom. The first-order valence-corrected chi connectivity index (χ1v) is 10.8. The largest absolute Gasteiger partial charge is 0.496 e. The van der Waals surface area contributed by atoms with Gasteiger partial charge in [-0.05, 0) is 63.7 Å². The van der Waals surface area contributed by atoms with Gasteiger partial charge in [-0.15, -0.1) is 11.8 Å². The van der Waals surface area contributed by atoms with Gasteiger partial charge in [0.05, 0.1) is 25.2 Å². The summed E-state index contributed by atoms with van der Waals surface area (Å²) in [6, 6.07) is 4.83.